The first-order valence-electron chi connectivity index (χ1n) is 15.0. The Kier molecular flexibility index (Phi) is 8.39. The Morgan fingerprint density at radius 3 is 2.67 bits per heavy atom. The quantitative estimate of drug-likeness (QED) is 0.273. The van der Waals surface area contributed by atoms with Crippen molar-refractivity contribution in [1.82, 2.24) is 35.1 Å². The number of nitriles is 1. The Hall–Kier alpha value is -5.35. The third-order valence-electron chi connectivity index (χ3n) is 7.96. The summed E-state index contributed by atoms with van der Waals surface area (Å²) in [4.78, 5) is 54.4. The Morgan fingerprint density at radius 2 is 1.91 bits per heavy atom. The van der Waals surface area contributed by atoms with Gasteiger partial charge < -0.3 is 10.6 Å². The number of imide groups is 1. The third-order valence-corrected chi connectivity index (χ3v) is 7.96. The number of rotatable bonds is 8. The molecule has 13 nitrogen and oxygen atoms in total. The van der Waals surface area contributed by atoms with Crippen LogP contribution in [-0.2, 0) is 11.3 Å². The number of anilines is 2. The Balaban J connectivity index is 1.09. The highest BCUT2D eigenvalue weighted by atomic mass is 16.2. The SMILES string of the molecule is CC(C)Nc1cc(-n2ccc3cc(C#N)cnc32)ncc1C(=O)NC1CCN(Cc2cncc(N3CCC(=O)NC3=O)c2)CC1. The molecule has 2 aliphatic heterocycles. The topological polar surface area (TPSA) is 161 Å². The zero-order valence-corrected chi connectivity index (χ0v) is 25.2. The van der Waals surface area contributed by atoms with Crippen molar-refractivity contribution in [3.8, 4) is 11.9 Å². The van der Waals surface area contributed by atoms with E-state index in [1.54, 1.807) is 24.7 Å². The van der Waals surface area contributed by atoms with Gasteiger partial charge in [0.05, 0.1) is 28.7 Å². The number of likely N-dealkylation sites (tertiary alicyclic amines) is 1. The molecule has 2 saturated heterocycles. The largest absolute Gasteiger partial charge is 0.382 e. The number of carbonyl (C=O) groups excluding carboxylic acids is 3. The van der Waals surface area contributed by atoms with Gasteiger partial charge in [-0.3, -0.25) is 34.3 Å². The van der Waals surface area contributed by atoms with Crippen LogP contribution in [0, 0.1) is 11.3 Å². The van der Waals surface area contributed by atoms with Gasteiger partial charge in [0.25, 0.3) is 5.91 Å². The second-order valence-corrected chi connectivity index (χ2v) is 11.7. The lowest BCUT2D eigenvalue weighted by molar-refractivity contribution is -0.120. The van der Waals surface area contributed by atoms with Gasteiger partial charge >= 0.3 is 6.03 Å². The van der Waals surface area contributed by atoms with Gasteiger partial charge in [0.2, 0.25) is 5.91 Å². The zero-order valence-electron chi connectivity index (χ0n) is 25.2. The van der Waals surface area contributed by atoms with E-state index in [-0.39, 0.29) is 30.3 Å². The predicted molar refractivity (Wildman–Crippen MR) is 168 cm³/mol. The van der Waals surface area contributed by atoms with Crippen molar-refractivity contribution in [2.24, 2.45) is 0 Å². The monoisotopic (exact) mass is 606 g/mol. The van der Waals surface area contributed by atoms with Gasteiger partial charge in [0, 0.05) is 80.9 Å². The van der Waals surface area contributed by atoms with Crippen molar-refractivity contribution in [2.45, 2.75) is 51.7 Å². The standard InChI is InChI=1S/C32H34N10O3/c1-20(2)37-27-13-28(42-9-3-23-11-21(14-33)16-36-30(23)42)35-18-26(27)31(44)38-24-4-7-40(8-5-24)19-22-12-25(17-34-15-22)41-10-6-29(43)39-32(41)45/h3,9,11-13,15-18,20,24H,4-8,10,19H2,1-2H3,(H,35,37)(H,38,44)(H,39,43,45). The minimum Gasteiger partial charge on any atom is -0.382 e. The van der Waals surface area contributed by atoms with Gasteiger partial charge in [-0.1, -0.05) is 0 Å². The second kappa shape index (κ2) is 12.7. The number of hydrogen-bond acceptors (Lipinski definition) is 9. The van der Waals surface area contributed by atoms with Gasteiger partial charge in [0.15, 0.2) is 0 Å². The van der Waals surface area contributed by atoms with Crippen molar-refractivity contribution in [3.05, 3.63) is 71.9 Å². The molecule has 13 heteroatoms. The van der Waals surface area contributed by atoms with Gasteiger partial charge in [-0.15, -0.1) is 0 Å². The molecular formula is C32H34N10O3. The molecule has 0 bridgehead atoms. The summed E-state index contributed by atoms with van der Waals surface area (Å²) in [6.45, 7) is 6.62. The van der Waals surface area contributed by atoms with Gasteiger partial charge in [-0.05, 0) is 50.5 Å². The summed E-state index contributed by atoms with van der Waals surface area (Å²) < 4.78 is 1.84. The molecule has 0 radical (unpaired) electrons. The summed E-state index contributed by atoms with van der Waals surface area (Å²) in [5.41, 5.74) is 3.96. The van der Waals surface area contributed by atoms with Crippen molar-refractivity contribution in [3.63, 3.8) is 0 Å². The fourth-order valence-electron chi connectivity index (χ4n) is 5.73. The van der Waals surface area contributed by atoms with Crippen LogP contribution in [0.4, 0.5) is 16.2 Å². The Labute approximate surface area is 260 Å². The van der Waals surface area contributed by atoms with Crippen molar-refractivity contribution in [2.75, 3.05) is 29.9 Å². The molecule has 2 aliphatic rings. The van der Waals surface area contributed by atoms with E-state index < -0.39 is 6.03 Å². The molecule has 6 rings (SSSR count). The molecule has 0 atom stereocenters. The van der Waals surface area contributed by atoms with E-state index >= 15 is 0 Å². The molecule has 45 heavy (non-hydrogen) atoms. The molecule has 3 N–H and O–H groups in total. The summed E-state index contributed by atoms with van der Waals surface area (Å²) in [6.07, 6.45) is 10.3. The molecule has 0 aliphatic carbocycles. The number of nitrogens with zero attached hydrogens (tertiary/aromatic N) is 7. The van der Waals surface area contributed by atoms with Crippen LogP contribution in [0.3, 0.4) is 0 Å². The number of aromatic nitrogens is 4. The van der Waals surface area contributed by atoms with Crippen molar-refractivity contribution in [1.29, 1.82) is 5.26 Å². The summed E-state index contributed by atoms with van der Waals surface area (Å²) in [5.74, 6) is 0.166. The maximum Gasteiger partial charge on any atom is 0.328 e. The summed E-state index contributed by atoms with van der Waals surface area (Å²) in [7, 11) is 0. The fraction of sp³-hybridized carbons (Fsp3) is 0.344. The van der Waals surface area contributed by atoms with E-state index in [0.717, 1.165) is 36.9 Å². The maximum absolute atomic E-state index is 13.5. The fourth-order valence-corrected chi connectivity index (χ4v) is 5.73. The highest BCUT2D eigenvalue weighted by Crippen LogP contribution is 2.25. The average Bonchev–Trinajstić information content (AvgIpc) is 3.45. The molecular weight excluding hydrogens is 572 g/mol. The Bertz CT molecular complexity index is 1800. The van der Waals surface area contributed by atoms with E-state index in [4.69, 9.17) is 0 Å². The summed E-state index contributed by atoms with van der Waals surface area (Å²) in [6, 6.07) is 9.25. The van der Waals surface area contributed by atoms with Crippen LogP contribution in [0.25, 0.3) is 16.9 Å². The highest BCUT2D eigenvalue weighted by Gasteiger charge is 2.26. The van der Waals surface area contributed by atoms with Gasteiger partial charge in [0.1, 0.15) is 17.5 Å². The lowest BCUT2D eigenvalue weighted by Crippen LogP contribution is -2.49. The zero-order chi connectivity index (χ0) is 31.5. The maximum atomic E-state index is 13.5. The van der Waals surface area contributed by atoms with Crippen LogP contribution >= 0.6 is 0 Å². The highest BCUT2D eigenvalue weighted by molar-refractivity contribution is 6.05. The van der Waals surface area contributed by atoms with Crippen LogP contribution < -0.4 is 20.9 Å². The molecule has 2 fully saturated rings. The van der Waals surface area contributed by atoms with Crippen LogP contribution in [0.1, 0.15) is 54.6 Å². The van der Waals surface area contributed by atoms with E-state index in [2.05, 4.69) is 41.9 Å². The summed E-state index contributed by atoms with van der Waals surface area (Å²) in [5, 5.41) is 19.0. The van der Waals surface area contributed by atoms with Gasteiger partial charge in [-0.2, -0.15) is 5.26 Å². The first-order chi connectivity index (χ1) is 21.8. The molecule has 4 aromatic heterocycles. The third kappa shape index (κ3) is 6.61. The number of pyridine rings is 3. The predicted octanol–water partition coefficient (Wildman–Crippen LogP) is 3.35. The number of fused-ring (bicyclic) bond motifs is 1. The van der Waals surface area contributed by atoms with Crippen LogP contribution in [0.2, 0.25) is 0 Å². The number of carbonyl (C=O) groups is 3. The molecule has 4 amide bonds. The van der Waals surface area contributed by atoms with E-state index in [0.29, 0.717) is 47.1 Å². The van der Waals surface area contributed by atoms with E-state index in [9.17, 15) is 19.6 Å². The van der Waals surface area contributed by atoms with Gasteiger partial charge in [-0.25, -0.2) is 14.8 Å². The van der Waals surface area contributed by atoms with E-state index in [1.165, 1.54) is 11.1 Å². The normalized spacial score (nSPS) is 16.1. The number of amides is 4. The number of piperidine rings is 1. The minimum absolute atomic E-state index is 0.0197. The van der Waals surface area contributed by atoms with Crippen molar-refractivity contribution >= 4 is 40.3 Å². The molecule has 0 unspecified atom stereocenters. The average molecular weight is 607 g/mol. The van der Waals surface area contributed by atoms with Crippen LogP contribution in [0.5, 0.6) is 0 Å². The lowest BCUT2D eigenvalue weighted by Gasteiger charge is -2.32. The molecule has 230 valence electrons. The minimum atomic E-state index is -0.427. The first-order valence-corrected chi connectivity index (χ1v) is 15.0. The summed E-state index contributed by atoms with van der Waals surface area (Å²) >= 11 is 0. The molecule has 6 heterocycles. The first kappa shape index (κ1) is 29.7. The number of hydrogen-bond donors (Lipinski definition) is 3. The molecule has 0 spiro atoms. The van der Waals surface area contributed by atoms with Crippen molar-refractivity contribution < 1.29 is 14.4 Å². The lowest BCUT2D eigenvalue weighted by atomic mass is 10.0. The Morgan fingerprint density at radius 1 is 1.09 bits per heavy atom. The van der Waals surface area contributed by atoms with E-state index in [1.807, 2.05) is 42.8 Å². The number of nitrogens with one attached hydrogen (secondary N) is 3. The molecule has 0 saturated carbocycles. The number of urea groups is 1. The molecule has 0 aromatic carbocycles. The van der Waals surface area contributed by atoms with Crippen LogP contribution in [0.15, 0.2) is 55.2 Å². The molecule has 4 aromatic rings. The van der Waals surface area contributed by atoms with Crippen LogP contribution in [-0.4, -0.2) is 74.0 Å². The smallest absolute Gasteiger partial charge is 0.328 e. The second-order valence-electron chi connectivity index (χ2n) is 11.7.